The van der Waals surface area contributed by atoms with Gasteiger partial charge in [0.2, 0.25) is 0 Å². The average molecular weight is 305 g/mol. The number of para-hydroxylation sites is 1. The highest BCUT2D eigenvalue weighted by Crippen LogP contribution is 2.15. The van der Waals surface area contributed by atoms with Crippen molar-refractivity contribution in [3.8, 4) is 5.75 Å². The van der Waals surface area contributed by atoms with E-state index in [-0.39, 0.29) is 0 Å². The van der Waals surface area contributed by atoms with Crippen LogP contribution in [0.4, 0.5) is 4.79 Å². The zero-order valence-electron chi connectivity index (χ0n) is 12.9. The molecule has 2 rings (SSSR count). The van der Waals surface area contributed by atoms with Crippen LogP contribution in [0.25, 0.3) is 0 Å². The molecule has 7 nitrogen and oxygen atoms in total. The summed E-state index contributed by atoms with van der Waals surface area (Å²) in [6.45, 7) is 5.87. The van der Waals surface area contributed by atoms with E-state index in [2.05, 4.69) is 27.4 Å². The molecule has 0 unspecified atom stereocenters. The number of nitrogens with two attached hydrogens (primary N) is 1. The number of rotatable bonds is 6. The molecule has 0 aliphatic carbocycles. The number of hydrogen-bond acceptors (Lipinski definition) is 5. The molecule has 0 aromatic heterocycles. The fourth-order valence-corrected chi connectivity index (χ4v) is 2.24. The van der Waals surface area contributed by atoms with Crippen LogP contribution >= 0.6 is 0 Å². The van der Waals surface area contributed by atoms with E-state index in [9.17, 15) is 4.79 Å². The lowest BCUT2D eigenvalue weighted by Gasteiger charge is -2.32. The average Bonchev–Trinajstić information content (AvgIpc) is 2.50. The van der Waals surface area contributed by atoms with Crippen molar-refractivity contribution in [2.45, 2.75) is 0 Å². The third kappa shape index (κ3) is 5.34. The Morgan fingerprint density at radius 2 is 2.09 bits per heavy atom. The number of carbonyl (C=O) groups excluding carboxylic acids is 1. The number of nitrogens with zero attached hydrogens (tertiary/aromatic N) is 3. The summed E-state index contributed by atoms with van der Waals surface area (Å²) >= 11 is 0. The summed E-state index contributed by atoms with van der Waals surface area (Å²) in [5, 5.41) is 3.76. The molecule has 0 radical (unpaired) electrons. The maximum atomic E-state index is 10.6. The van der Waals surface area contributed by atoms with Crippen molar-refractivity contribution in [2.24, 2.45) is 10.8 Å². The number of benzene rings is 1. The van der Waals surface area contributed by atoms with E-state index < -0.39 is 6.03 Å². The normalized spacial score (nSPS) is 16.8. The molecule has 1 aliphatic rings. The Balaban J connectivity index is 1.82. The van der Waals surface area contributed by atoms with Crippen LogP contribution in [0.1, 0.15) is 5.56 Å². The van der Waals surface area contributed by atoms with Crippen molar-refractivity contribution in [3.05, 3.63) is 29.8 Å². The maximum Gasteiger partial charge on any atom is 0.332 e. The van der Waals surface area contributed by atoms with Crippen LogP contribution in [0.3, 0.4) is 0 Å². The SMILES string of the molecule is CN1CCN(CCOc2ccccc2C=NNC(N)=O)CC1. The van der Waals surface area contributed by atoms with Crippen LogP contribution in [-0.2, 0) is 0 Å². The number of hydrazone groups is 1. The highest BCUT2D eigenvalue weighted by molar-refractivity contribution is 5.84. The van der Waals surface area contributed by atoms with Gasteiger partial charge < -0.3 is 15.4 Å². The number of urea groups is 1. The summed E-state index contributed by atoms with van der Waals surface area (Å²) in [5.41, 5.74) is 7.94. The fourth-order valence-electron chi connectivity index (χ4n) is 2.24. The zero-order valence-corrected chi connectivity index (χ0v) is 12.9. The second-order valence-corrected chi connectivity index (χ2v) is 5.27. The molecule has 0 saturated carbocycles. The number of hydrogen-bond donors (Lipinski definition) is 2. The third-order valence-electron chi connectivity index (χ3n) is 3.56. The summed E-state index contributed by atoms with van der Waals surface area (Å²) in [6, 6.07) is 6.86. The molecule has 1 heterocycles. The summed E-state index contributed by atoms with van der Waals surface area (Å²) in [4.78, 5) is 15.3. The quantitative estimate of drug-likeness (QED) is 0.585. The first kappa shape index (κ1) is 16.3. The summed E-state index contributed by atoms with van der Waals surface area (Å²) < 4.78 is 5.83. The van der Waals surface area contributed by atoms with Crippen LogP contribution in [0.2, 0.25) is 0 Å². The third-order valence-corrected chi connectivity index (χ3v) is 3.56. The molecule has 7 heteroatoms. The number of primary amides is 1. The van der Waals surface area contributed by atoms with E-state index >= 15 is 0 Å². The zero-order chi connectivity index (χ0) is 15.8. The topological polar surface area (TPSA) is 83.2 Å². The number of ether oxygens (including phenoxy) is 1. The lowest BCUT2D eigenvalue weighted by atomic mass is 10.2. The van der Waals surface area contributed by atoms with Gasteiger partial charge in [-0.25, -0.2) is 10.2 Å². The van der Waals surface area contributed by atoms with Crippen LogP contribution in [0.5, 0.6) is 5.75 Å². The maximum absolute atomic E-state index is 10.6. The van der Waals surface area contributed by atoms with Crippen molar-refractivity contribution in [1.82, 2.24) is 15.2 Å². The molecule has 0 spiro atoms. The van der Waals surface area contributed by atoms with Gasteiger partial charge in [0, 0.05) is 38.3 Å². The molecule has 0 atom stereocenters. The van der Waals surface area contributed by atoms with E-state index in [0.29, 0.717) is 6.61 Å². The van der Waals surface area contributed by atoms with Crippen molar-refractivity contribution >= 4 is 12.2 Å². The predicted octanol–water partition coefficient (Wildman–Crippen LogP) is 0.315. The summed E-state index contributed by atoms with van der Waals surface area (Å²) in [6.07, 6.45) is 1.52. The van der Waals surface area contributed by atoms with Gasteiger partial charge in [-0.05, 0) is 19.2 Å². The largest absolute Gasteiger partial charge is 0.492 e. The summed E-state index contributed by atoms with van der Waals surface area (Å²) in [7, 11) is 2.14. The molecule has 3 N–H and O–H groups in total. The minimum Gasteiger partial charge on any atom is -0.492 e. The minimum absolute atomic E-state index is 0.623. The highest BCUT2D eigenvalue weighted by atomic mass is 16.5. The van der Waals surface area contributed by atoms with Gasteiger partial charge in [-0.3, -0.25) is 4.90 Å². The van der Waals surface area contributed by atoms with Crippen LogP contribution in [-0.4, -0.2) is 68.4 Å². The summed E-state index contributed by atoms with van der Waals surface area (Å²) in [5.74, 6) is 0.742. The molecule has 1 fully saturated rings. The molecule has 0 bridgehead atoms. The molecule has 1 aromatic rings. The fraction of sp³-hybridized carbons (Fsp3) is 0.467. The van der Waals surface area contributed by atoms with Crippen LogP contribution in [0, 0.1) is 0 Å². The predicted molar refractivity (Wildman–Crippen MR) is 86.2 cm³/mol. The Bertz CT molecular complexity index is 512. The second kappa shape index (κ2) is 8.35. The number of piperazine rings is 1. The van der Waals surface area contributed by atoms with Crippen molar-refractivity contribution in [2.75, 3.05) is 46.4 Å². The molecule has 1 saturated heterocycles. The van der Waals surface area contributed by atoms with Crippen LogP contribution < -0.4 is 15.9 Å². The van der Waals surface area contributed by atoms with Gasteiger partial charge in [-0.1, -0.05) is 12.1 Å². The Kier molecular flexibility index (Phi) is 6.17. The number of likely N-dealkylation sites (N-methyl/N-ethyl adjacent to an activating group) is 1. The van der Waals surface area contributed by atoms with Gasteiger partial charge in [0.15, 0.2) is 0 Å². The van der Waals surface area contributed by atoms with Gasteiger partial charge in [-0.2, -0.15) is 5.10 Å². The van der Waals surface area contributed by atoms with E-state index in [1.54, 1.807) is 0 Å². The lowest BCUT2D eigenvalue weighted by molar-refractivity contribution is 0.133. The highest BCUT2D eigenvalue weighted by Gasteiger charge is 2.13. The number of amides is 2. The molecular weight excluding hydrogens is 282 g/mol. The molecule has 22 heavy (non-hydrogen) atoms. The van der Waals surface area contributed by atoms with Gasteiger partial charge >= 0.3 is 6.03 Å². The lowest BCUT2D eigenvalue weighted by Crippen LogP contribution is -2.45. The van der Waals surface area contributed by atoms with Gasteiger partial charge in [-0.15, -0.1) is 0 Å². The van der Waals surface area contributed by atoms with Crippen LogP contribution in [0.15, 0.2) is 29.4 Å². The van der Waals surface area contributed by atoms with Crippen molar-refractivity contribution < 1.29 is 9.53 Å². The van der Waals surface area contributed by atoms with E-state index in [1.807, 2.05) is 24.3 Å². The van der Waals surface area contributed by atoms with Crippen molar-refractivity contribution in [3.63, 3.8) is 0 Å². The Morgan fingerprint density at radius 3 is 2.82 bits per heavy atom. The molecule has 1 aliphatic heterocycles. The van der Waals surface area contributed by atoms with E-state index in [0.717, 1.165) is 44.0 Å². The number of nitrogens with one attached hydrogen (secondary N) is 1. The van der Waals surface area contributed by atoms with E-state index in [1.165, 1.54) is 6.21 Å². The molecule has 1 aromatic carbocycles. The van der Waals surface area contributed by atoms with Gasteiger partial charge in [0.05, 0.1) is 6.21 Å². The Hall–Kier alpha value is -2.12. The Labute approximate surface area is 130 Å². The first-order chi connectivity index (χ1) is 10.6. The first-order valence-corrected chi connectivity index (χ1v) is 7.36. The monoisotopic (exact) mass is 305 g/mol. The molecule has 120 valence electrons. The molecular formula is C15H23N5O2. The minimum atomic E-state index is -0.690. The number of carbonyl (C=O) groups is 1. The van der Waals surface area contributed by atoms with Gasteiger partial charge in [0.1, 0.15) is 12.4 Å². The Morgan fingerprint density at radius 1 is 1.36 bits per heavy atom. The first-order valence-electron chi connectivity index (χ1n) is 7.36. The van der Waals surface area contributed by atoms with Gasteiger partial charge in [0.25, 0.3) is 0 Å². The smallest absolute Gasteiger partial charge is 0.332 e. The van der Waals surface area contributed by atoms with E-state index in [4.69, 9.17) is 10.5 Å². The van der Waals surface area contributed by atoms with Crippen molar-refractivity contribution in [1.29, 1.82) is 0 Å². The standard InChI is InChI=1S/C15H23N5O2/c1-19-6-8-20(9-7-19)10-11-22-14-5-3-2-4-13(14)12-17-18-15(16)21/h2-5,12H,6-11H2,1H3,(H3,16,18,21). The molecule has 2 amide bonds. The second-order valence-electron chi connectivity index (χ2n) is 5.27.